The number of hydrogen-bond acceptors (Lipinski definition) is 0. The van der Waals surface area contributed by atoms with Crippen molar-refractivity contribution in [3.8, 4) is 0 Å². The van der Waals surface area contributed by atoms with Gasteiger partial charge < -0.3 is 0 Å². The Morgan fingerprint density at radius 1 is 0.357 bits per heavy atom. The normalized spacial score (nSPS) is 24.6. The van der Waals surface area contributed by atoms with Gasteiger partial charge in [0.25, 0.3) is 0 Å². The molecule has 28 heavy (non-hydrogen) atoms. The van der Waals surface area contributed by atoms with E-state index in [1.807, 2.05) is 0 Å². The van der Waals surface area contributed by atoms with Crippen LogP contribution in [0.25, 0.3) is 0 Å². The fraction of sp³-hybridized carbons (Fsp3) is 0.643. The summed E-state index contributed by atoms with van der Waals surface area (Å²) < 4.78 is 0. The molecule has 0 saturated heterocycles. The smallest absolute Gasteiger partial charge is 0.0276 e. The molecule has 1 radical (unpaired) electrons. The topological polar surface area (TPSA) is 0 Å². The first-order chi connectivity index (χ1) is 14.0. The van der Waals surface area contributed by atoms with Crippen LogP contribution in [0, 0.1) is 6.08 Å². The fourth-order valence-corrected chi connectivity index (χ4v) is 3.67. The van der Waals surface area contributed by atoms with Gasteiger partial charge >= 0.3 is 0 Å². The van der Waals surface area contributed by atoms with E-state index in [1.165, 1.54) is 109 Å². The maximum atomic E-state index is 3.38. The Hall–Kier alpha value is -1.30. The van der Waals surface area contributed by atoms with Crippen molar-refractivity contribution >= 4 is 0 Å². The maximum Gasteiger partial charge on any atom is -0.0276 e. The highest BCUT2D eigenvalue weighted by molar-refractivity contribution is 5.17. The molecule has 0 N–H and O–H groups in total. The summed E-state index contributed by atoms with van der Waals surface area (Å²) in [5.41, 5.74) is 0. The summed E-state index contributed by atoms with van der Waals surface area (Å²) in [6.07, 6.45) is 47.5. The van der Waals surface area contributed by atoms with E-state index in [-0.39, 0.29) is 0 Å². The number of allylic oxidation sites excluding steroid dienone is 10. The summed E-state index contributed by atoms with van der Waals surface area (Å²) in [5, 5.41) is 0. The van der Waals surface area contributed by atoms with E-state index >= 15 is 0 Å². The molecule has 0 aliphatic heterocycles. The molecule has 0 bridgehead atoms. The minimum atomic E-state index is 1.10. The molecule has 0 aromatic carbocycles. The van der Waals surface area contributed by atoms with Crippen molar-refractivity contribution in [3.05, 3.63) is 60.8 Å². The molecular weight excluding hydrogens is 336 g/mol. The van der Waals surface area contributed by atoms with E-state index < -0.39 is 0 Å². The van der Waals surface area contributed by atoms with Crippen LogP contribution in [0.1, 0.15) is 116 Å². The highest BCUT2D eigenvalue weighted by atomic mass is 14.0. The quantitative estimate of drug-likeness (QED) is 0.392. The van der Waals surface area contributed by atoms with E-state index in [0.29, 0.717) is 0 Å². The van der Waals surface area contributed by atoms with Crippen molar-refractivity contribution in [1.82, 2.24) is 0 Å². The maximum absolute atomic E-state index is 3.38. The molecule has 0 saturated carbocycles. The Kier molecular flexibility index (Phi) is 19.4. The summed E-state index contributed by atoms with van der Waals surface area (Å²) in [5.74, 6) is 0. The lowest BCUT2D eigenvalue weighted by atomic mass is 10.0. The van der Waals surface area contributed by atoms with Crippen LogP contribution in [0.3, 0.4) is 0 Å². The Labute approximate surface area is 176 Å². The zero-order valence-electron chi connectivity index (χ0n) is 18.4. The van der Waals surface area contributed by atoms with Gasteiger partial charge in [0.05, 0.1) is 0 Å². The summed E-state index contributed by atoms with van der Waals surface area (Å²) in [6, 6.07) is 0. The highest BCUT2D eigenvalue weighted by Crippen LogP contribution is 2.14. The van der Waals surface area contributed by atoms with Crippen molar-refractivity contribution in [3.63, 3.8) is 0 Å². The number of hydrogen-bond donors (Lipinski definition) is 0. The lowest BCUT2D eigenvalue weighted by molar-refractivity contribution is 0.528. The molecule has 0 amide bonds. The molecule has 0 atom stereocenters. The van der Waals surface area contributed by atoms with Crippen molar-refractivity contribution < 1.29 is 0 Å². The van der Waals surface area contributed by atoms with E-state index in [1.54, 1.807) is 0 Å². The third kappa shape index (κ3) is 19.5. The first-order valence-electron chi connectivity index (χ1n) is 12.2. The van der Waals surface area contributed by atoms with Gasteiger partial charge in [0, 0.05) is 0 Å². The predicted octanol–water partition coefficient (Wildman–Crippen LogP) is 9.61. The molecule has 1 aliphatic rings. The Morgan fingerprint density at radius 3 is 1.29 bits per heavy atom. The molecule has 0 unspecified atom stereocenters. The van der Waals surface area contributed by atoms with Gasteiger partial charge in [-0.25, -0.2) is 0 Å². The molecule has 0 aromatic rings. The minimum absolute atomic E-state index is 1.10. The van der Waals surface area contributed by atoms with Crippen LogP contribution in [-0.2, 0) is 0 Å². The summed E-state index contributed by atoms with van der Waals surface area (Å²) in [6.45, 7) is 0. The summed E-state index contributed by atoms with van der Waals surface area (Å²) >= 11 is 0. The van der Waals surface area contributed by atoms with Crippen LogP contribution in [0.2, 0.25) is 0 Å². The monoisotopic (exact) mass is 381 g/mol. The summed E-state index contributed by atoms with van der Waals surface area (Å²) in [4.78, 5) is 0. The van der Waals surface area contributed by atoms with Gasteiger partial charge in [-0.2, -0.15) is 0 Å². The largest absolute Gasteiger partial charge is 0.0845 e. The Bertz CT molecular complexity index is 405. The molecule has 0 nitrogen and oxygen atoms in total. The van der Waals surface area contributed by atoms with Gasteiger partial charge in [0.2, 0.25) is 0 Å². The lowest BCUT2D eigenvalue weighted by Gasteiger charge is -2.03. The van der Waals surface area contributed by atoms with Crippen LogP contribution < -0.4 is 0 Å². The van der Waals surface area contributed by atoms with E-state index in [0.717, 1.165) is 6.42 Å². The molecule has 0 spiro atoms. The van der Waals surface area contributed by atoms with Gasteiger partial charge in [0.1, 0.15) is 0 Å². The van der Waals surface area contributed by atoms with Crippen LogP contribution in [-0.4, -0.2) is 0 Å². The van der Waals surface area contributed by atoms with Crippen LogP contribution in [0.4, 0.5) is 0 Å². The third-order valence-corrected chi connectivity index (χ3v) is 5.46. The summed E-state index contributed by atoms with van der Waals surface area (Å²) in [7, 11) is 0. The van der Waals surface area contributed by atoms with Crippen LogP contribution in [0.5, 0.6) is 0 Å². The minimum Gasteiger partial charge on any atom is -0.0845 e. The predicted molar refractivity (Wildman–Crippen MR) is 127 cm³/mol. The second kappa shape index (κ2) is 22.0. The molecule has 1 rings (SSSR count). The Morgan fingerprint density at radius 2 is 0.750 bits per heavy atom. The van der Waals surface area contributed by atoms with Gasteiger partial charge in [0.15, 0.2) is 0 Å². The van der Waals surface area contributed by atoms with Gasteiger partial charge in [-0.15, -0.1) is 0 Å². The standard InChI is InChI=1S/C28H45/c1-2-4-6-8-10-12-14-16-18-20-22-24-26-28-27-25-23-21-19-17-15-13-11-9-7-5-3-1/h1-9H,10,12-28H2/b3-1-,4-2-,7-5-,8-6?,11-9?. The average molecular weight is 382 g/mol. The molecular formula is C28H45. The first kappa shape index (κ1) is 24.7. The molecule has 157 valence electrons. The second-order valence-electron chi connectivity index (χ2n) is 8.15. The van der Waals surface area contributed by atoms with Crippen molar-refractivity contribution in [2.45, 2.75) is 116 Å². The fourth-order valence-electron chi connectivity index (χ4n) is 3.67. The molecule has 0 aromatic heterocycles. The van der Waals surface area contributed by atoms with Crippen molar-refractivity contribution in [1.29, 1.82) is 0 Å². The van der Waals surface area contributed by atoms with E-state index in [2.05, 4.69) is 60.8 Å². The molecule has 1 aliphatic carbocycles. The number of rotatable bonds is 0. The molecule has 0 fully saturated rings. The van der Waals surface area contributed by atoms with Crippen molar-refractivity contribution in [2.75, 3.05) is 0 Å². The van der Waals surface area contributed by atoms with Gasteiger partial charge in [-0.1, -0.05) is 145 Å². The van der Waals surface area contributed by atoms with E-state index in [9.17, 15) is 0 Å². The SMILES string of the molecule is [C]1=C\C=C/C=C\C=C/C=CCCCCCCCCCCCCCCCCCC1. The average Bonchev–Trinajstić information content (AvgIpc) is 2.71. The zero-order chi connectivity index (χ0) is 19.8. The van der Waals surface area contributed by atoms with Gasteiger partial charge in [-0.05, 0) is 31.8 Å². The van der Waals surface area contributed by atoms with Crippen LogP contribution >= 0.6 is 0 Å². The zero-order valence-corrected chi connectivity index (χ0v) is 18.4. The Balaban J connectivity index is 2.21. The van der Waals surface area contributed by atoms with Crippen molar-refractivity contribution in [2.24, 2.45) is 0 Å². The lowest BCUT2D eigenvalue weighted by Crippen LogP contribution is -1.84. The van der Waals surface area contributed by atoms with Crippen LogP contribution in [0.15, 0.2) is 54.7 Å². The second-order valence-corrected chi connectivity index (χ2v) is 8.15. The third-order valence-electron chi connectivity index (χ3n) is 5.46. The first-order valence-corrected chi connectivity index (χ1v) is 12.2. The molecule has 0 heteroatoms. The molecule has 0 heterocycles. The highest BCUT2D eigenvalue weighted by Gasteiger charge is 1.94. The van der Waals surface area contributed by atoms with E-state index in [4.69, 9.17) is 0 Å². The van der Waals surface area contributed by atoms with Gasteiger partial charge in [-0.3, -0.25) is 0 Å².